The van der Waals surface area contributed by atoms with Gasteiger partial charge in [0.05, 0.1) is 22.0 Å². The van der Waals surface area contributed by atoms with E-state index in [0.29, 0.717) is 13.0 Å². The van der Waals surface area contributed by atoms with Crippen LogP contribution in [0.1, 0.15) is 24.5 Å². The van der Waals surface area contributed by atoms with Crippen LogP contribution in [-0.2, 0) is 32.6 Å². The summed E-state index contributed by atoms with van der Waals surface area (Å²) in [5, 5.41) is 3.16. The van der Waals surface area contributed by atoms with Crippen molar-refractivity contribution in [1.82, 2.24) is 10.2 Å². The molecule has 0 saturated carbocycles. The molecule has 1 N–H and O–H groups in total. The SMILES string of the molecule is CCCNC(=O)[C@@H](Cc1ccccc1)N(Cc1ccccc1F)C(=O)CN(c1ccc(Cl)c(Cl)c1)S(C)(=O)=O. The average Bonchev–Trinajstić information content (AvgIpc) is 2.90. The van der Waals surface area contributed by atoms with Crippen molar-refractivity contribution in [3.8, 4) is 0 Å². The minimum atomic E-state index is -3.97. The van der Waals surface area contributed by atoms with E-state index in [1.54, 1.807) is 6.07 Å². The third-order valence-corrected chi connectivity index (χ3v) is 7.87. The van der Waals surface area contributed by atoms with Gasteiger partial charge in [-0.15, -0.1) is 0 Å². The Labute approximate surface area is 238 Å². The highest BCUT2D eigenvalue weighted by Crippen LogP contribution is 2.29. The molecule has 3 aromatic carbocycles. The van der Waals surface area contributed by atoms with Crippen molar-refractivity contribution in [3.63, 3.8) is 0 Å². The summed E-state index contributed by atoms with van der Waals surface area (Å²) in [6.45, 7) is 1.39. The molecule has 0 heterocycles. The van der Waals surface area contributed by atoms with Crippen LogP contribution in [0.5, 0.6) is 0 Å². The Balaban J connectivity index is 2.06. The molecule has 7 nitrogen and oxygen atoms in total. The van der Waals surface area contributed by atoms with Crippen LogP contribution in [0.2, 0.25) is 10.0 Å². The summed E-state index contributed by atoms with van der Waals surface area (Å²) in [5.41, 5.74) is 1.10. The smallest absolute Gasteiger partial charge is 0.244 e. The van der Waals surface area contributed by atoms with Crippen LogP contribution >= 0.6 is 23.2 Å². The topological polar surface area (TPSA) is 86.8 Å². The van der Waals surface area contributed by atoms with Gasteiger partial charge in [0.2, 0.25) is 21.8 Å². The molecular weight excluding hydrogens is 564 g/mol. The molecule has 3 rings (SSSR count). The minimum Gasteiger partial charge on any atom is -0.354 e. The third-order valence-electron chi connectivity index (χ3n) is 5.99. The molecule has 208 valence electrons. The number of nitrogens with zero attached hydrogens (tertiary/aromatic N) is 2. The Morgan fingerprint density at radius 2 is 1.64 bits per heavy atom. The molecule has 0 saturated heterocycles. The van der Waals surface area contributed by atoms with Crippen LogP contribution in [0.15, 0.2) is 72.8 Å². The van der Waals surface area contributed by atoms with E-state index in [9.17, 15) is 22.4 Å². The van der Waals surface area contributed by atoms with Crippen molar-refractivity contribution in [2.45, 2.75) is 32.4 Å². The molecule has 0 bridgehead atoms. The predicted octanol–water partition coefficient (Wildman–Crippen LogP) is 5.06. The van der Waals surface area contributed by atoms with Crippen LogP contribution in [-0.4, -0.2) is 50.5 Å². The van der Waals surface area contributed by atoms with Gasteiger partial charge < -0.3 is 10.2 Å². The molecule has 11 heteroatoms. The lowest BCUT2D eigenvalue weighted by molar-refractivity contribution is -0.140. The zero-order valence-corrected chi connectivity index (χ0v) is 23.9. The van der Waals surface area contributed by atoms with Crippen molar-refractivity contribution in [1.29, 1.82) is 0 Å². The summed E-state index contributed by atoms with van der Waals surface area (Å²) in [6, 6.07) is 18.2. The zero-order chi connectivity index (χ0) is 28.6. The van der Waals surface area contributed by atoms with Crippen molar-refractivity contribution in [3.05, 3.63) is 99.8 Å². The van der Waals surface area contributed by atoms with Crippen LogP contribution in [0, 0.1) is 5.82 Å². The molecular formula is C28H30Cl2FN3O4S. The largest absolute Gasteiger partial charge is 0.354 e. The van der Waals surface area contributed by atoms with E-state index in [2.05, 4.69) is 5.32 Å². The van der Waals surface area contributed by atoms with Crippen LogP contribution in [0.3, 0.4) is 0 Å². The van der Waals surface area contributed by atoms with E-state index < -0.39 is 40.2 Å². The van der Waals surface area contributed by atoms with E-state index in [-0.39, 0.29) is 34.3 Å². The first kappa shape index (κ1) is 30.4. The van der Waals surface area contributed by atoms with Crippen molar-refractivity contribution >= 4 is 50.7 Å². The number of carbonyl (C=O) groups is 2. The highest BCUT2D eigenvalue weighted by molar-refractivity contribution is 7.92. The lowest BCUT2D eigenvalue weighted by Crippen LogP contribution is -2.53. The molecule has 0 aromatic heterocycles. The number of sulfonamides is 1. The third kappa shape index (κ3) is 8.42. The summed E-state index contributed by atoms with van der Waals surface area (Å²) < 4.78 is 41.2. The Morgan fingerprint density at radius 3 is 2.26 bits per heavy atom. The van der Waals surface area contributed by atoms with Gasteiger partial charge in [0, 0.05) is 25.1 Å². The standard InChI is InChI=1S/C28H30Cl2FN3O4S/c1-3-15-32-28(36)26(16-20-9-5-4-6-10-20)33(18-21-11-7-8-12-25(21)31)27(35)19-34(39(2,37)38)22-13-14-23(29)24(30)17-22/h4-14,17,26H,3,15-16,18-19H2,1-2H3,(H,32,36)/t26-/m1/s1. The van der Waals surface area contributed by atoms with Crippen molar-refractivity contribution in [2.24, 2.45) is 0 Å². The molecule has 0 aliphatic carbocycles. The molecule has 0 spiro atoms. The normalized spacial score (nSPS) is 12.0. The van der Waals surface area contributed by atoms with Gasteiger partial charge in [0.1, 0.15) is 18.4 Å². The molecule has 2 amide bonds. The maximum atomic E-state index is 14.7. The number of anilines is 1. The van der Waals surface area contributed by atoms with Crippen LogP contribution in [0.4, 0.5) is 10.1 Å². The second kappa shape index (κ2) is 13.8. The minimum absolute atomic E-state index is 0.111. The zero-order valence-electron chi connectivity index (χ0n) is 21.6. The second-order valence-electron chi connectivity index (χ2n) is 8.98. The van der Waals surface area contributed by atoms with Gasteiger partial charge in [-0.05, 0) is 36.2 Å². The number of hydrogen-bond acceptors (Lipinski definition) is 4. The lowest BCUT2D eigenvalue weighted by Gasteiger charge is -2.33. The van der Waals surface area contributed by atoms with Crippen molar-refractivity contribution in [2.75, 3.05) is 23.7 Å². The second-order valence-corrected chi connectivity index (χ2v) is 11.7. The van der Waals surface area contributed by atoms with Gasteiger partial charge in [-0.3, -0.25) is 13.9 Å². The van der Waals surface area contributed by atoms with E-state index in [0.717, 1.165) is 16.1 Å². The molecule has 0 fully saturated rings. The Bertz CT molecular complexity index is 1410. The molecule has 3 aromatic rings. The first-order chi connectivity index (χ1) is 18.5. The molecule has 0 aliphatic heterocycles. The number of benzene rings is 3. The van der Waals surface area contributed by atoms with Gasteiger partial charge in [0.25, 0.3) is 0 Å². The fraction of sp³-hybridized carbons (Fsp3) is 0.286. The van der Waals surface area contributed by atoms with E-state index in [1.807, 2.05) is 37.3 Å². The fourth-order valence-corrected chi connectivity index (χ4v) is 5.12. The summed E-state index contributed by atoms with van der Waals surface area (Å²) in [6.07, 6.45) is 1.77. The Kier molecular flexibility index (Phi) is 10.7. The van der Waals surface area contributed by atoms with Gasteiger partial charge in [-0.25, -0.2) is 12.8 Å². The molecule has 0 aliphatic rings. The van der Waals surface area contributed by atoms with E-state index >= 15 is 0 Å². The summed E-state index contributed by atoms with van der Waals surface area (Å²) in [7, 11) is -3.97. The molecule has 0 radical (unpaired) electrons. The highest BCUT2D eigenvalue weighted by Gasteiger charge is 2.33. The monoisotopic (exact) mass is 593 g/mol. The van der Waals surface area contributed by atoms with Crippen LogP contribution in [0.25, 0.3) is 0 Å². The number of halogens is 3. The quantitative estimate of drug-likeness (QED) is 0.318. The highest BCUT2D eigenvalue weighted by atomic mass is 35.5. The maximum Gasteiger partial charge on any atom is 0.244 e. The van der Waals surface area contributed by atoms with Crippen molar-refractivity contribution < 1.29 is 22.4 Å². The molecule has 1 atom stereocenters. The van der Waals surface area contributed by atoms with Gasteiger partial charge in [0.15, 0.2) is 0 Å². The van der Waals surface area contributed by atoms with Gasteiger partial charge in [-0.2, -0.15) is 0 Å². The van der Waals surface area contributed by atoms with Crippen LogP contribution < -0.4 is 9.62 Å². The number of amides is 2. The lowest BCUT2D eigenvalue weighted by atomic mass is 10.0. The summed E-state index contributed by atoms with van der Waals surface area (Å²) in [4.78, 5) is 28.5. The molecule has 0 unspecified atom stereocenters. The average molecular weight is 595 g/mol. The maximum absolute atomic E-state index is 14.7. The number of nitrogens with one attached hydrogen (secondary N) is 1. The van der Waals surface area contributed by atoms with E-state index in [1.165, 1.54) is 41.3 Å². The fourth-order valence-electron chi connectivity index (χ4n) is 3.98. The first-order valence-electron chi connectivity index (χ1n) is 12.3. The van der Waals surface area contributed by atoms with Gasteiger partial charge >= 0.3 is 0 Å². The summed E-state index contributed by atoms with van der Waals surface area (Å²) in [5.74, 6) is -1.67. The Hall–Kier alpha value is -3.14. The molecule has 39 heavy (non-hydrogen) atoms. The van der Waals surface area contributed by atoms with E-state index in [4.69, 9.17) is 23.2 Å². The predicted molar refractivity (Wildman–Crippen MR) is 153 cm³/mol. The number of carbonyl (C=O) groups excluding carboxylic acids is 2. The van der Waals surface area contributed by atoms with Gasteiger partial charge in [-0.1, -0.05) is 78.7 Å². The number of hydrogen-bond donors (Lipinski definition) is 1. The first-order valence-corrected chi connectivity index (χ1v) is 14.9. The number of rotatable bonds is 12. The summed E-state index contributed by atoms with van der Waals surface area (Å²) >= 11 is 12.1. The Morgan fingerprint density at radius 1 is 0.974 bits per heavy atom.